The summed E-state index contributed by atoms with van der Waals surface area (Å²) < 4.78 is 16.2. The van der Waals surface area contributed by atoms with Gasteiger partial charge in [0.05, 0.1) is 26.4 Å². The second-order valence-electron chi connectivity index (χ2n) is 7.91. The van der Waals surface area contributed by atoms with Crippen molar-refractivity contribution in [3.8, 4) is 11.5 Å². The number of carboxylic acids is 1. The number of nitrogens with one attached hydrogen (secondary N) is 1. The highest BCUT2D eigenvalue weighted by atomic mass is 16.5. The Hall–Kier alpha value is -2.32. The van der Waals surface area contributed by atoms with Crippen LogP contribution >= 0.6 is 0 Å². The summed E-state index contributed by atoms with van der Waals surface area (Å²) in [6.45, 7) is 3.80. The normalized spacial score (nSPS) is 26.6. The smallest absolute Gasteiger partial charge is 0.339 e. The Kier molecular flexibility index (Phi) is 6.64. The Morgan fingerprint density at radius 2 is 1.83 bits per heavy atom. The van der Waals surface area contributed by atoms with Gasteiger partial charge in [-0.25, -0.2) is 4.79 Å². The summed E-state index contributed by atoms with van der Waals surface area (Å²) in [6, 6.07) is 3.57. The maximum Gasteiger partial charge on any atom is 0.339 e. The lowest BCUT2D eigenvalue weighted by atomic mass is 9.77. The molecule has 0 unspecified atom stereocenters. The minimum atomic E-state index is -1.03. The molecular weight excluding hydrogens is 376 g/mol. The summed E-state index contributed by atoms with van der Waals surface area (Å²) in [5.41, 5.74) is 0.850. The Bertz CT molecular complexity index is 768. The SMILES string of the molecule is COc1ccc(CN2C[C@H]3C[C@@H](NC(C)=O)[C@H](OC)C[C@H]3C2)c(C(=O)O)c1OC. The number of hydrogen-bond donors (Lipinski definition) is 2. The quantitative estimate of drug-likeness (QED) is 0.712. The molecule has 0 aromatic heterocycles. The summed E-state index contributed by atoms with van der Waals surface area (Å²) in [5, 5.41) is 12.8. The molecule has 3 rings (SSSR count). The van der Waals surface area contributed by atoms with E-state index < -0.39 is 5.97 Å². The fourth-order valence-corrected chi connectivity index (χ4v) is 4.89. The van der Waals surface area contributed by atoms with Crippen molar-refractivity contribution in [1.29, 1.82) is 0 Å². The second-order valence-corrected chi connectivity index (χ2v) is 7.91. The van der Waals surface area contributed by atoms with E-state index in [1.54, 1.807) is 19.2 Å². The van der Waals surface area contributed by atoms with Gasteiger partial charge >= 0.3 is 5.97 Å². The zero-order valence-corrected chi connectivity index (χ0v) is 17.4. The van der Waals surface area contributed by atoms with Crippen LogP contribution in [-0.2, 0) is 16.1 Å². The van der Waals surface area contributed by atoms with Gasteiger partial charge in [-0.15, -0.1) is 0 Å². The zero-order chi connectivity index (χ0) is 21.1. The fraction of sp³-hybridized carbons (Fsp3) is 0.619. The van der Waals surface area contributed by atoms with Crippen LogP contribution < -0.4 is 14.8 Å². The zero-order valence-electron chi connectivity index (χ0n) is 17.4. The molecule has 29 heavy (non-hydrogen) atoms. The van der Waals surface area contributed by atoms with Gasteiger partial charge in [0.1, 0.15) is 5.56 Å². The highest BCUT2D eigenvalue weighted by molar-refractivity contribution is 5.93. The van der Waals surface area contributed by atoms with E-state index in [1.807, 2.05) is 0 Å². The minimum Gasteiger partial charge on any atom is -0.493 e. The molecule has 1 aliphatic carbocycles. The lowest BCUT2D eigenvalue weighted by Crippen LogP contribution is -2.49. The number of carbonyl (C=O) groups is 2. The van der Waals surface area contributed by atoms with Gasteiger partial charge in [-0.2, -0.15) is 0 Å². The van der Waals surface area contributed by atoms with Crippen molar-refractivity contribution in [3.05, 3.63) is 23.3 Å². The molecule has 1 saturated carbocycles. The van der Waals surface area contributed by atoms with Crippen LogP contribution in [0.3, 0.4) is 0 Å². The van der Waals surface area contributed by atoms with E-state index in [-0.39, 0.29) is 29.4 Å². The summed E-state index contributed by atoms with van der Waals surface area (Å²) in [5.74, 6) is 0.508. The first-order chi connectivity index (χ1) is 13.9. The monoisotopic (exact) mass is 406 g/mol. The number of fused-ring (bicyclic) bond motifs is 1. The lowest BCUT2D eigenvalue weighted by Gasteiger charge is -2.37. The molecule has 1 aliphatic heterocycles. The van der Waals surface area contributed by atoms with Crippen LogP contribution in [0.15, 0.2) is 12.1 Å². The Labute approximate surface area is 171 Å². The predicted molar refractivity (Wildman–Crippen MR) is 106 cm³/mol. The van der Waals surface area contributed by atoms with Gasteiger partial charge in [0, 0.05) is 33.7 Å². The van der Waals surface area contributed by atoms with Crippen LogP contribution in [0.5, 0.6) is 11.5 Å². The van der Waals surface area contributed by atoms with E-state index in [0.717, 1.165) is 25.9 Å². The number of hydrogen-bond acceptors (Lipinski definition) is 6. The Morgan fingerprint density at radius 3 is 2.38 bits per heavy atom. The first-order valence-electron chi connectivity index (χ1n) is 9.87. The molecule has 0 bridgehead atoms. The van der Waals surface area contributed by atoms with Crippen LogP contribution in [-0.4, -0.2) is 68.4 Å². The third-order valence-electron chi connectivity index (χ3n) is 6.12. The molecule has 2 N–H and O–H groups in total. The van der Waals surface area contributed by atoms with Crippen molar-refractivity contribution in [3.63, 3.8) is 0 Å². The van der Waals surface area contributed by atoms with Crippen molar-refractivity contribution in [2.75, 3.05) is 34.4 Å². The largest absolute Gasteiger partial charge is 0.493 e. The molecule has 8 nitrogen and oxygen atoms in total. The first-order valence-corrected chi connectivity index (χ1v) is 9.87. The van der Waals surface area contributed by atoms with Crippen LogP contribution in [0.1, 0.15) is 35.7 Å². The molecule has 1 amide bonds. The number of carboxylic acid groups (broad SMARTS) is 1. The summed E-state index contributed by atoms with van der Waals surface area (Å²) in [4.78, 5) is 25.7. The van der Waals surface area contributed by atoms with E-state index in [1.165, 1.54) is 21.1 Å². The average molecular weight is 406 g/mol. The third kappa shape index (κ3) is 4.48. The van der Waals surface area contributed by atoms with Crippen LogP contribution in [0.25, 0.3) is 0 Å². The molecule has 1 aromatic rings. The average Bonchev–Trinajstić information content (AvgIpc) is 3.07. The van der Waals surface area contributed by atoms with E-state index >= 15 is 0 Å². The van der Waals surface area contributed by atoms with Crippen molar-refractivity contribution in [2.45, 2.75) is 38.5 Å². The van der Waals surface area contributed by atoms with Crippen LogP contribution in [0.4, 0.5) is 0 Å². The number of carbonyl (C=O) groups excluding carboxylic acids is 1. The Morgan fingerprint density at radius 1 is 1.14 bits per heavy atom. The number of amides is 1. The number of nitrogens with zero attached hydrogens (tertiary/aromatic N) is 1. The molecule has 1 saturated heterocycles. The van der Waals surface area contributed by atoms with Gasteiger partial charge < -0.3 is 24.6 Å². The molecule has 1 heterocycles. The van der Waals surface area contributed by atoms with E-state index in [0.29, 0.717) is 29.7 Å². The molecule has 0 spiro atoms. The maximum atomic E-state index is 11.9. The topological polar surface area (TPSA) is 97.3 Å². The third-order valence-corrected chi connectivity index (χ3v) is 6.12. The molecule has 1 aromatic carbocycles. The summed E-state index contributed by atoms with van der Waals surface area (Å²) in [6.07, 6.45) is 1.77. The number of likely N-dealkylation sites (tertiary alicyclic amines) is 1. The van der Waals surface area contributed by atoms with Crippen molar-refractivity contribution < 1.29 is 28.9 Å². The van der Waals surface area contributed by atoms with E-state index in [9.17, 15) is 14.7 Å². The summed E-state index contributed by atoms with van der Waals surface area (Å²) in [7, 11) is 4.63. The number of ether oxygens (including phenoxy) is 3. The lowest BCUT2D eigenvalue weighted by molar-refractivity contribution is -0.121. The highest BCUT2D eigenvalue weighted by Gasteiger charge is 2.42. The predicted octanol–water partition coefficient (Wildman–Crippen LogP) is 1.76. The molecule has 8 heteroatoms. The van der Waals surface area contributed by atoms with Gasteiger partial charge in [0.15, 0.2) is 11.5 Å². The standard InChI is InChI=1S/C21H30N2O6/c1-12(24)22-16-7-14-10-23(11-15(14)8-18(16)28-3)9-13-5-6-17(27-2)20(29-4)19(13)21(25)26/h5-6,14-16,18H,7-11H2,1-4H3,(H,22,24)(H,25,26)/t14-,15+,16-,18-/m1/s1. The number of benzene rings is 1. The van der Waals surface area contributed by atoms with Crippen LogP contribution in [0, 0.1) is 11.8 Å². The van der Waals surface area contributed by atoms with Crippen molar-refractivity contribution in [2.24, 2.45) is 11.8 Å². The maximum absolute atomic E-state index is 11.9. The molecule has 160 valence electrons. The van der Waals surface area contributed by atoms with Gasteiger partial charge in [0.25, 0.3) is 0 Å². The van der Waals surface area contributed by atoms with Crippen LogP contribution in [0.2, 0.25) is 0 Å². The molecule has 0 radical (unpaired) electrons. The minimum absolute atomic E-state index is 0.00996. The van der Waals surface area contributed by atoms with Gasteiger partial charge in [0.2, 0.25) is 5.91 Å². The fourth-order valence-electron chi connectivity index (χ4n) is 4.89. The first kappa shape index (κ1) is 21.4. The second kappa shape index (κ2) is 9.00. The Balaban J connectivity index is 1.76. The molecular formula is C21H30N2O6. The molecule has 2 aliphatic rings. The van der Waals surface area contributed by atoms with E-state index in [4.69, 9.17) is 14.2 Å². The van der Waals surface area contributed by atoms with Gasteiger partial charge in [-0.05, 0) is 36.3 Å². The molecule has 4 atom stereocenters. The number of aromatic carboxylic acids is 1. The molecule has 2 fully saturated rings. The summed E-state index contributed by atoms with van der Waals surface area (Å²) >= 11 is 0. The number of methoxy groups -OCH3 is 3. The van der Waals surface area contributed by atoms with Gasteiger partial charge in [-0.1, -0.05) is 6.07 Å². The van der Waals surface area contributed by atoms with Crippen molar-refractivity contribution >= 4 is 11.9 Å². The van der Waals surface area contributed by atoms with Gasteiger partial charge in [-0.3, -0.25) is 9.69 Å². The highest BCUT2D eigenvalue weighted by Crippen LogP contribution is 2.39. The van der Waals surface area contributed by atoms with E-state index in [2.05, 4.69) is 10.2 Å². The number of rotatable bonds is 7. The van der Waals surface area contributed by atoms with Crippen molar-refractivity contribution in [1.82, 2.24) is 10.2 Å².